The summed E-state index contributed by atoms with van der Waals surface area (Å²) in [6.07, 6.45) is 21.7. The minimum Gasteiger partial charge on any atom is -0.662 e. The zero-order valence-corrected chi connectivity index (χ0v) is 37.3. The predicted molar refractivity (Wildman–Crippen MR) is 214 cm³/mol. The van der Waals surface area contributed by atoms with Crippen molar-refractivity contribution in [3.05, 3.63) is 21.3 Å². The maximum Gasteiger partial charge on any atom is 2.00 e. The van der Waals surface area contributed by atoms with Crippen molar-refractivity contribution in [3.8, 4) is 5.40 Å². The average molecular weight is 742 g/mol. The zero-order valence-electron chi connectivity index (χ0n) is 33.5. The molecule has 0 aliphatic carbocycles. The third-order valence-electron chi connectivity index (χ3n) is 12.1. The smallest absolute Gasteiger partial charge is 0.662 e. The van der Waals surface area contributed by atoms with E-state index in [0.29, 0.717) is 0 Å². The molecule has 5 nitrogen and oxygen atoms in total. The second-order valence-electron chi connectivity index (χ2n) is 14.4. The Balaban J connectivity index is 0. The zero-order chi connectivity index (χ0) is 35.1. The first kappa shape index (κ1) is 50.4. The molecular formula is C41H81N5SZn-2. The number of nitriles is 1. The number of piperidine rings is 4. The molecule has 0 aromatic heterocycles. The minimum absolute atomic E-state index is 0. The van der Waals surface area contributed by atoms with E-state index in [9.17, 15) is 0 Å². The van der Waals surface area contributed by atoms with Crippen LogP contribution in [0, 0.1) is 58.0 Å². The molecule has 0 aromatic rings. The first-order chi connectivity index (χ1) is 22.9. The van der Waals surface area contributed by atoms with Crippen LogP contribution < -0.4 is 0 Å². The molecule has 4 rings (SSSR count). The molecule has 0 unspecified atom stereocenters. The van der Waals surface area contributed by atoms with Gasteiger partial charge in [0.15, 0.2) is 0 Å². The normalized spacial score (nSPS) is 19.4. The standard InChI is InChI=1S/4C10H20N.CHNS.Zn/c4*1-3-9(4-2)10-5-7-11-8-6-10;2-1-3;/h4*9-10H,3-8H2,1-2H3;3H;/q4*-1;;+2. The molecule has 48 heavy (non-hydrogen) atoms. The van der Waals surface area contributed by atoms with Crippen LogP contribution in [0.1, 0.15) is 158 Å². The van der Waals surface area contributed by atoms with Gasteiger partial charge in [0, 0.05) is 0 Å². The largest absolute Gasteiger partial charge is 2.00 e. The molecule has 0 saturated carbocycles. The Labute approximate surface area is 320 Å². The van der Waals surface area contributed by atoms with Gasteiger partial charge >= 0.3 is 19.5 Å². The maximum absolute atomic E-state index is 7.18. The van der Waals surface area contributed by atoms with Crippen LogP contribution in [0.5, 0.6) is 0 Å². The molecule has 0 amide bonds. The Morgan fingerprint density at radius 3 is 0.646 bits per heavy atom. The summed E-state index contributed by atoms with van der Waals surface area (Å²) in [7, 11) is 0. The van der Waals surface area contributed by atoms with E-state index in [2.05, 4.69) is 89.3 Å². The number of hydrogen-bond donors (Lipinski definition) is 1. The van der Waals surface area contributed by atoms with Crippen LogP contribution in [0.2, 0.25) is 0 Å². The van der Waals surface area contributed by atoms with Gasteiger partial charge in [0.05, 0.1) is 0 Å². The van der Waals surface area contributed by atoms with Crippen molar-refractivity contribution < 1.29 is 19.5 Å². The maximum atomic E-state index is 7.18. The van der Waals surface area contributed by atoms with Crippen molar-refractivity contribution in [3.63, 3.8) is 0 Å². The number of nitrogens with zero attached hydrogens (tertiary/aromatic N) is 5. The van der Waals surface area contributed by atoms with Gasteiger partial charge in [-0.25, -0.2) is 0 Å². The van der Waals surface area contributed by atoms with Gasteiger partial charge in [-0.2, -0.15) is 5.26 Å². The van der Waals surface area contributed by atoms with Gasteiger partial charge in [0.1, 0.15) is 5.40 Å². The first-order valence-electron chi connectivity index (χ1n) is 20.5. The third-order valence-corrected chi connectivity index (χ3v) is 12.1. The second-order valence-corrected chi connectivity index (χ2v) is 14.6. The van der Waals surface area contributed by atoms with Crippen molar-refractivity contribution in [2.75, 3.05) is 52.4 Å². The van der Waals surface area contributed by atoms with Crippen molar-refractivity contribution in [1.29, 1.82) is 5.26 Å². The van der Waals surface area contributed by atoms with Crippen molar-refractivity contribution in [1.82, 2.24) is 0 Å². The number of thiol groups is 1. The van der Waals surface area contributed by atoms with Crippen LogP contribution in [-0.4, -0.2) is 52.4 Å². The molecule has 0 N–H and O–H groups in total. The molecule has 4 heterocycles. The van der Waals surface area contributed by atoms with Gasteiger partial charge in [0.25, 0.3) is 0 Å². The Bertz CT molecular complexity index is 563. The molecule has 4 aliphatic rings. The Morgan fingerprint density at radius 1 is 0.417 bits per heavy atom. The molecule has 280 valence electrons. The summed E-state index contributed by atoms with van der Waals surface area (Å²) in [6, 6.07) is 0. The molecule has 4 saturated heterocycles. The van der Waals surface area contributed by atoms with Crippen LogP contribution in [0.15, 0.2) is 0 Å². The van der Waals surface area contributed by atoms with E-state index in [0.717, 1.165) is 99.7 Å². The fourth-order valence-corrected chi connectivity index (χ4v) is 8.79. The van der Waals surface area contributed by atoms with Gasteiger partial charge in [-0.1, -0.05) is 171 Å². The van der Waals surface area contributed by atoms with E-state index >= 15 is 0 Å². The summed E-state index contributed by atoms with van der Waals surface area (Å²) < 4.78 is 0. The van der Waals surface area contributed by atoms with Crippen LogP contribution >= 0.6 is 12.6 Å². The van der Waals surface area contributed by atoms with E-state index in [1.54, 1.807) is 0 Å². The van der Waals surface area contributed by atoms with Crippen molar-refractivity contribution in [2.24, 2.45) is 47.3 Å². The van der Waals surface area contributed by atoms with E-state index in [1.165, 1.54) is 108 Å². The van der Waals surface area contributed by atoms with Crippen molar-refractivity contribution >= 4 is 12.6 Å². The number of rotatable bonds is 12. The van der Waals surface area contributed by atoms with E-state index in [-0.39, 0.29) is 19.5 Å². The Hall–Kier alpha value is 0.303. The van der Waals surface area contributed by atoms with Gasteiger partial charge in [-0.05, 0) is 47.3 Å². The Morgan fingerprint density at radius 2 is 0.542 bits per heavy atom. The molecule has 4 fully saturated rings. The van der Waals surface area contributed by atoms with E-state index in [4.69, 9.17) is 5.26 Å². The number of thiocyanates is 1. The third kappa shape index (κ3) is 23.0. The second kappa shape index (κ2) is 35.7. The SMILES string of the molecule is CCC(CC)C1CC[N-]CC1.CCC(CC)C1CC[N-]CC1.CCC(CC)C1CC[N-]CC1.CCC(CC)C1CC[N-]CC1.N#CS.[Zn+2]. The molecule has 4 aliphatic heterocycles. The van der Waals surface area contributed by atoms with Crippen molar-refractivity contribution in [2.45, 2.75) is 158 Å². The summed E-state index contributed by atoms with van der Waals surface area (Å²) in [6.45, 7) is 27.6. The van der Waals surface area contributed by atoms with E-state index < -0.39 is 0 Å². The molecule has 0 aromatic carbocycles. The molecular weight excluding hydrogens is 660 g/mol. The fourth-order valence-electron chi connectivity index (χ4n) is 8.79. The predicted octanol–water partition coefficient (Wildman–Crippen LogP) is 13.2. The van der Waals surface area contributed by atoms with Gasteiger partial charge in [0.2, 0.25) is 0 Å². The van der Waals surface area contributed by atoms with Crippen LogP contribution in [0.3, 0.4) is 0 Å². The van der Waals surface area contributed by atoms with Crippen LogP contribution in [-0.2, 0) is 19.5 Å². The van der Waals surface area contributed by atoms with Crippen LogP contribution in [0.25, 0.3) is 21.3 Å². The van der Waals surface area contributed by atoms with E-state index in [1.807, 2.05) is 0 Å². The topological polar surface area (TPSA) is 80.2 Å². The summed E-state index contributed by atoms with van der Waals surface area (Å²) in [5.74, 6) is 7.86. The van der Waals surface area contributed by atoms with Gasteiger partial charge < -0.3 is 21.3 Å². The molecule has 0 spiro atoms. The molecule has 0 radical (unpaired) electrons. The summed E-state index contributed by atoms with van der Waals surface area (Å²) in [5, 5.41) is 26.1. The Kier molecular flexibility index (Phi) is 37.5. The fraction of sp³-hybridized carbons (Fsp3) is 0.976. The summed E-state index contributed by atoms with van der Waals surface area (Å²) in [5.41, 5.74) is 0. The molecule has 0 bridgehead atoms. The minimum atomic E-state index is 0. The summed E-state index contributed by atoms with van der Waals surface area (Å²) in [4.78, 5) is 0. The van der Waals surface area contributed by atoms with Crippen LogP contribution in [0.4, 0.5) is 0 Å². The quantitative estimate of drug-likeness (QED) is 0.121. The molecule has 0 atom stereocenters. The van der Waals surface area contributed by atoms with Gasteiger partial charge in [-0.3, -0.25) is 0 Å². The first-order valence-corrected chi connectivity index (χ1v) is 20.9. The number of hydrogen-bond acceptors (Lipinski definition) is 2. The monoisotopic (exact) mass is 740 g/mol. The summed E-state index contributed by atoms with van der Waals surface area (Å²) >= 11 is 3.09. The average Bonchev–Trinajstić information content (AvgIpc) is 3.14. The molecule has 7 heteroatoms. The van der Waals surface area contributed by atoms with Gasteiger partial charge in [-0.15, -0.1) is 52.4 Å².